The highest BCUT2D eigenvalue weighted by Gasteiger charge is 2.31. The standard InChI is InChI=1S/C24H31F2N7OS/c1-14-3-5-16(6-4-14)33-12-19(21(30-33)22(25)26)28-24(35)18-10-27-32-8-7-20(29-23(18)32)31-11-15(2)9-17(31)13-34/h7-8,10,12,14-17,22,34H,3-6,9,11,13H2,1-2H3,(H,28,35)/t14?,15-,16?,17+/m0/s1. The fraction of sp³-hybridized carbons (Fsp3) is 0.583. The zero-order valence-electron chi connectivity index (χ0n) is 19.9. The topological polar surface area (TPSA) is 83.5 Å². The molecule has 3 aromatic rings. The van der Waals surface area contributed by atoms with Crippen LogP contribution in [0.15, 0.2) is 24.7 Å². The zero-order valence-corrected chi connectivity index (χ0v) is 20.8. The number of hydrogen-bond acceptors (Lipinski definition) is 6. The van der Waals surface area contributed by atoms with Crippen LogP contribution in [0.2, 0.25) is 0 Å². The molecule has 0 radical (unpaired) electrons. The van der Waals surface area contributed by atoms with Gasteiger partial charge in [0.2, 0.25) is 0 Å². The molecule has 2 fully saturated rings. The van der Waals surface area contributed by atoms with Gasteiger partial charge in [-0.25, -0.2) is 18.3 Å². The summed E-state index contributed by atoms with van der Waals surface area (Å²) in [5.41, 5.74) is 0.998. The van der Waals surface area contributed by atoms with E-state index in [9.17, 15) is 13.9 Å². The second-order valence-corrected chi connectivity index (χ2v) is 10.4. The fourth-order valence-electron chi connectivity index (χ4n) is 5.33. The quantitative estimate of drug-likeness (QED) is 0.476. The van der Waals surface area contributed by atoms with Crippen LogP contribution in [0.4, 0.5) is 20.3 Å². The summed E-state index contributed by atoms with van der Waals surface area (Å²) < 4.78 is 30.9. The Morgan fingerprint density at radius 2 is 2.00 bits per heavy atom. The average molecular weight is 504 g/mol. The first kappa shape index (κ1) is 24.1. The minimum absolute atomic E-state index is 0.0126. The number of nitrogens with one attached hydrogen (secondary N) is 1. The molecular formula is C24H31F2N7OS. The van der Waals surface area contributed by atoms with Crippen LogP contribution in [-0.4, -0.2) is 53.7 Å². The number of thiocarbonyl (C=S) groups is 1. The smallest absolute Gasteiger partial charge is 0.284 e. The summed E-state index contributed by atoms with van der Waals surface area (Å²) in [5.74, 6) is 1.85. The third-order valence-electron chi connectivity index (χ3n) is 7.30. The maximum Gasteiger partial charge on any atom is 0.284 e. The van der Waals surface area contributed by atoms with Gasteiger partial charge < -0.3 is 15.3 Å². The number of nitrogens with zero attached hydrogens (tertiary/aromatic N) is 6. The maximum atomic E-state index is 13.8. The van der Waals surface area contributed by atoms with Gasteiger partial charge in [0.1, 0.15) is 10.8 Å². The predicted molar refractivity (Wildman–Crippen MR) is 134 cm³/mol. The molecule has 1 aliphatic carbocycles. The maximum absolute atomic E-state index is 13.8. The summed E-state index contributed by atoms with van der Waals surface area (Å²) in [6.07, 6.45) is 7.22. The molecule has 1 aliphatic heterocycles. The van der Waals surface area contributed by atoms with Gasteiger partial charge in [-0.1, -0.05) is 26.1 Å². The lowest BCUT2D eigenvalue weighted by Crippen LogP contribution is -2.33. The highest BCUT2D eigenvalue weighted by Crippen LogP contribution is 2.35. The summed E-state index contributed by atoms with van der Waals surface area (Å²) in [7, 11) is 0. The molecule has 0 unspecified atom stereocenters. The molecule has 8 nitrogen and oxygen atoms in total. The van der Waals surface area contributed by atoms with Crippen molar-refractivity contribution in [1.29, 1.82) is 0 Å². The molecule has 11 heteroatoms. The molecule has 0 aromatic carbocycles. The van der Waals surface area contributed by atoms with Crippen LogP contribution in [0.3, 0.4) is 0 Å². The molecule has 4 heterocycles. The average Bonchev–Trinajstić information content (AvgIpc) is 3.55. The van der Waals surface area contributed by atoms with Gasteiger partial charge in [-0.3, -0.25) is 4.68 Å². The lowest BCUT2D eigenvalue weighted by atomic mass is 9.87. The van der Waals surface area contributed by atoms with Crippen LogP contribution in [-0.2, 0) is 0 Å². The van der Waals surface area contributed by atoms with Crippen molar-refractivity contribution in [1.82, 2.24) is 24.4 Å². The molecule has 1 saturated heterocycles. The predicted octanol–water partition coefficient (Wildman–Crippen LogP) is 4.61. The van der Waals surface area contributed by atoms with Crippen molar-refractivity contribution in [3.63, 3.8) is 0 Å². The number of aliphatic hydroxyl groups is 1. The number of fused-ring (bicyclic) bond motifs is 1. The number of hydrogen-bond donors (Lipinski definition) is 2. The highest BCUT2D eigenvalue weighted by molar-refractivity contribution is 7.81. The Morgan fingerprint density at radius 3 is 2.71 bits per heavy atom. The van der Waals surface area contributed by atoms with Crippen molar-refractivity contribution in [3.05, 3.63) is 35.9 Å². The van der Waals surface area contributed by atoms with Crippen LogP contribution in [0.25, 0.3) is 5.65 Å². The minimum atomic E-state index is -2.72. The van der Waals surface area contributed by atoms with E-state index in [1.807, 2.05) is 6.07 Å². The summed E-state index contributed by atoms with van der Waals surface area (Å²) in [6.45, 7) is 5.24. The Kier molecular flexibility index (Phi) is 6.71. The number of aromatic nitrogens is 5. The largest absolute Gasteiger partial charge is 0.394 e. The number of rotatable bonds is 6. The zero-order chi connectivity index (χ0) is 24.7. The highest BCUT2D eigenvalue weighted by atomic mass is 32.1. The molecule has 5 rings (SSSR count). The Hall–Kier alpha value is -2.66. The van der Waals surface area contributed by atoms with Crippen LogP contribution < -0.4 is 10.2 Å². The SMILES string of the molecule is CC1CCC(n2cc(NC(=S)c3cnn4ccc(N5C[C@@H](C)C[C@@H]5CO)nc34)c(C(F)F)n2)CC1. The van der Waals surface area contributed by atoms with E-state index < -0.39 is 6.43 Å². The van der Waals surface area contributed by atoms with E-state index in [0.717, 1.165) is 44.5 Å². The van der Waals surface area contributed by atoms with Gasteiger partial charge in [0, 0.05) is 18.9 Å². The van der Waals surface area contributed by atoms with Gasteiger partial charge in [0.15, 0.2) is 11.3 Å². The second kappa shape index (κ2) is 9.77. The summed E-state index contributed by atoms with van der Waals surface area (Å²) in [6, 6.07) is 2.00. The van der Waals surface area contributed by atoms with E-state index in [1.165, 1.54) is 0 Å². The third kappa shape index (κ3) is 4.75. The molecule has 1 saturated carbocycles. The van der Waals surface area contributed by atoms with Gasteiger partial charge >= 0.3 is 0 Å². The van der Waals surface area contributed by atoms with Gasteiger partial charge in [0.25, 0.3) is 6.43 Å². The molecule has 0 spiro atoms. The van der Waals surface area contributed by atoms with E-state index in [4.69, 9.17) is 17.2 Å². The molecule has 2 atom stereocenters. The number of alkyl halides is 2. The molecule has 3 aromatic heterocycles. The summed E-state index contributed by atoms with van der Waals surface area (Å²) in [4.78, 5) is 7.13. The molecule has 2 aliphatic rings. The monoisotopic (exact) mass is 503 g/mol. The van der Waals surface area contributed by atoms with Gasteiger partial charge in [0.05, 0.1) is 36.1 Å². The van der Waals surface area contributed by atoms with Crippen LogP contribution in [0.5, 0.6) is 0 Å². The van der Waals surface area contributed by atoms with Gasteiger partial charge in [-0.05, 0) is 50.0 Å². The number of anilines is 2. The summed E-state index contributed by atoms with van der Waals surface area (Å²) >= 11 is 5.61. The third-order valence-corrected chi connectivity index (χ3v) is 7.62. The second-order valence-electron chi connectivity index (χ2n) is 10.0. The molecule has 35 heavy (non-hydrogen) atoms. The number of aliphatic hydroxyl groups excluding tert-OH is 1. The Morgan fingerprint density at radius 1 is 1.23 bits per heavy atom. The molecule has 2 N–H and O–H groups in total. The van der Waals surface area contributed by atoms with E-state index >= 15 is 0 Å². The Bertz CT molecular complexity index is 1200. The van der Waals surface area contributed by atoms with Crippen molar-refractivity contribution >= 4 is 34.4 Å². The van der Waals surface area contributed by atoms with Crippen molar-refractivity contribution < 1.29 is 13.9 Å². The lowest BCUT2D eigenvalue weighted by Gasteiger charge is -2.26. The first-order chi connectivity index (χ1) is 16.8. The number of halogens is 2. The summed E-state index contributed by atoms with van der Waals surface area (Å²) in [5, 5.41) is 21.3. The Labute approximate surface area is 208 Å². The van der Waals surface area contributed by atoms with E-state index in [0.29, 0.717) is 23.0 Å². The minimum Gasteiger partial charge on any atom is -0.394 e. The first-order valence-corrected chi connectivity index (χ1v) is 12.6. The first-order valence-electron chi connectivity index (χ1n) is 12.2. The van der Waals surface area contributed by atoms with Crippen molar-refractivity contribution in [2.45, 2.75) is 64.5 Å². The van der Waals surface area contributed by atoms with E-state index in [2.05, 4.69) is 34.3 Å². The normalized spacial score (nSPS) is 25.0. The van der Waals surface area contributed by atoms with Crippen LogP contribution in [0, 0.1) is 11.8 Å². The van der Waals surface area contributed by atoms with Crippen LogP contribution >= 0.6 is 12.2 Å². The molecule has 0 amide bonds. The molecular weight excluding hydrogens is 472 g/mol. The molecule has 0 bridgehead atoms. The van der Waals surface area contributed by atoms with Crippen molar-refractivity contribution in [3.8, 4) is 0 Å². The van der Waals surface area contributed by atoms with Gasteiger partial charge in [-0.2, -0.15) is 10.2 Å². The molecule has 188 valence electrons. The Balaban J connectivity index is 1.41. The van der Waals surface area contributed by atoms with E-state index in [-0.39, 0.29) is 35.1 Å². The lowest BCUT2D eigenvalue weighted by molar-refractivity contribution is 0.144. The van der Waals surface area contributed by atoms with E-state index in [1.54, 1.807) is 27.8 Å². The van der Waals surface area contributed by atoms with Crippen molar-refractivity contribution in [2.24, 2.45) is 11.8 Å². The van der Waals surface area contributed by atoms with Gasteiger partial charge in [-0.15, -0.1) is 0 Å². The van der Waals surface area contributed by atoms with Crippen LogP contribution in [0.1, 0.15) is 69.7 Å². The fourth-order valence-corrected chi connectivity index (χ4v) is 5.58. The van der Waals surface area contributed by atoms with Crippen molar-refractivity contribution in [2.75, 3.05) is 23.4 Å².